The average Bonchev–Trinajstić information content (AvgIpc) is 2.37. The molecule has 1 unspecified atom stereocenters. The number of hydrogen-bond acceptors (Lipinski definition) is 4. The number of aliphatic hydroxyl groups excluding tert-OH is 1. The van der Waals surface area contributed by atoms with E-state index >= 15 is 0 Å². The van der Waals surface area contributed by atoms with Crippen molar-refractivity contribution >= 4 is 15.7 Å². The molecule has 1 aromatic rings. The molecule has 5 nitrogen and oxygen atoms in total. The number of aliphatic hydroxyl groups is 1. The number of likely N-dealkylation sites (N-methyl/N-ethyl adjacent to an activating group) is 1. The Kier molecular flexibility index (Phi) is 5.13. The molecule has 0 amide bonds. The van der Waals surface area contributed by atoms with Crippen molar-refractivity contribution in [1.29, 1.82) is 0 Å². The van der Waals surface area contributed by atoms with Gasteiger partial charge in [-0.3, -0.25) is 0 Å². The summed E-state index contributed by atoms with van der Waals surface area (Å²) in [6, 6.07) is 6.61. The molecule has 1 atom stereocenters. The first-order valence-electron chi connectivity index (χ1n) is 5.86. The van der Waals surface area contributed by atoms with E-state index in [1.54, 1.807) is 43.1 Å². The summed E-state index contributed by atoms with van der Waals surface area (Å²) in [5, 5.41) is 9.16. The number of rotatable bonds is 6. The molecule has 6 heteroatoms. The van der Waals surface area contributed by atoms with Crippen molar-refractivity contribution in [3.63, 3.8) is 0 Å². The summed E-state index contributed by atoms with van der Waals surface area (Å²) >= 11 is 0. The summed E-state index contributed by atoms with van der Waals surface area (Å²) in [7, 11) is -1.74. The number of nitrogens with one attached hydrogen (secondary N) is 1. The Morgan fingerprint density at radius 2 is 2.00 bits per heavy atom. The normalized spacial score (nSPS) is 13.3. The molecule has 0 spiro atoms. The average molecular weight is 272 g/mol. The Balaban J connectivity index is 3.23. The molecule has 0 saturated carbocycles. The topological polar surface area (TPSA) is 69.6 Å². The van der Waals surface area contributed by atoms with Gasteiger partial charge < -0.3 is 10.0 Å². The molecule has 0 aliphatic rings. The van der Waals surface area contributed by atoms with Gasteiger partial charge in [0, 0.05) is 19.6 Å². The van der Waals surface area contributed by atoms with E-state index in [0.717, 1.165) is 0 Å². The molecule has 1 rings (SSSR count). The third-order valence-corrected chi connectivity index (χ3v) is 4.39. The second-order valence-electron chi connectivity index (χ2n) is 4.11. The lowest BCUT2D eigenvalue weighted by Gasteiger charge is -2.27. The van der Waals surface area contributed by atoms with E-state index in [9.17, 15) is 8.42 Å². The van der Waals surface area contributed by atoms with Gasteiger partial charge in [0.25, 0.3) is 0 Å². The van der Waals surface area contributed by atoms with Crippen LogP contribution in [0.15, 0.2) is 29.2 Å². The first-order chi connectivity index (χ1) is 8.44. The van der Waals surface area contributed by atoms with Crippen LogP contribution in [-0.4, -0.2) is 39.8 Å². The zero-order valence-corrected chi connectivity index (χ0v) is 11.7. The molecule has 0 radical (unpaired) electrons. The lowest BCUT2D eigenvalue weighted by molar-refractivity contribution is 0.270. The Morgan fingerprint density at radius 3 is 2.56 bits per heavy atom. The Bertz CT molecular complexity index is 488. The van der Waals surface area contributed by atoms with Crippen LogP contribution in [0.2, 0.25) is 0 Å². The minimum atomic E-state index is -3.50. The van der Waals surface area contributed by atoms with Gasteiger partial charge in [-0.05, 0) is 19.1 Å². The van der Waals surface area contributed by atoms with Crippen LogP contribution >= 0.6 is 0 Å². The molecule has 0 aliphatic heterocycles. The van der Waals surface area contributed by atoms with E-state index in [2.05, 4.69) is 4.72 Å². The SMILES string of the molecule is CCNS(=O)(=O)c1ccccc1N(C)C(C)CO. The van der Waals surface area contributed by atoms with E-state index < -0.39 is 10.0 Å². The van der Waals surface area contributed by atoms with Crippen molar-refractivity contribution in [2.24, 2.45) is 0 Å². The molecule has 1 aromatic carbocycles. The second kappa shape index (κ2) is 6.17. The summed E-state index contributed by atoms with van der Waals surface area (Å²) in [6.45, 7) is 3.87. The highest BCUT2D eigenvalue weighted by Gasteiger charge is 2.21. The first kappa shape index (κ1) is 14.9. The zero-order chi connectivity index (χ0) is 13.8. The quantitative estimate of drug-likeness (QED) is 0.804. The maximum atomic E-state index is 12.1. The van der Waals surface area contributed by atoms with Crippen molar-refractivity contribution < 1.29 is 13.5 Å². The Morgan fingerprint density at radius 1 is 1.39 bits per heavy atom. The number of para-hydroxylation sites is 1. The van der Waals surface area contributed by atoms with Crippen LogP contribution in [0.1, 0.15) is 13.8 Å². The monoisotopic (exact) mass is 272 g/mol. The number of benzene rings is 1. The second-order valence-corrected chi connectivity index (χ2v) is 5.85. The summed E-state index contributed by atoms with van der Waals surface area (Å²) in [5.41, 5.74) is 0.583. The van der Waals surface area contributed by atoms with Crippen LogP contribution in [0, 0.1) is 0 Å². The van der Waals surface area contributed by atoms with E-state index in [1.165, 1.54) is 0 Å². The Hall–Kier alpha value is -1.11. The highest BCUT2D eigenvalue weighted by molar-refractivity contribution is 7.89. The minimum absolute atomic E-state index is 0.0356. The standard InChI is InChI=1S/C12H20N2O3S/c1-4-13-18(16,17)12-8-6-5-7-11(12)14(3)10(2)9-15/h5-8,10,13,15H,4,9H2,1-3H3. The number of sulfonamides is 1. The van der Waals surface area contributed by atoms with Gasteiger partial charge in [-0.1, -0.05) is 19.1 Å². The number of nitrogens with zero attached hydrogens (tertiary/aromatic N) is 1. The fourth-order valence-corrected chi connectivity index (χ4v) is 2.88. The summed E-state index contributed by atoms with van der Waals surface area (Å²) in [5.74, 6) is 0. The molecule has 0 bridgehead atoms. The molecule has 0 aromatic heterocycles. The highest BCUT2D eigenvalue weighted by Crippen LogP contribution is 2.25. The number of anilines is 1. The molecular formula is C12H20N2O3S. The predicted octanol–water partition coefficient (Wildman–Crippen LogP) is 0.802. The lowest BCUT2D eigenvalue weighted by atomic mass is 10.2. The molecule has 0 fully saturated rings. The zero-order valence-electron chi connectivity index (χ0n) is 10.9. The summed E-state index contributed by atoms with van der Waals surface area (Å²) < 4.78 is 26.6. The van der Waals surface area contributed by atoms with E-state index in [0.29, 0.717) is 12.2 Å². The van der Waals surface area contributed by atoms with Crippen LogP contribution < -0.4 is 9.62 Å². The third kappa shape index (κ3) is 3.22. The highest BCUT2D eigenvalue weighted by atomic mass is 32.2. The van der Waals surface area contributed by atoms with Crippen LogP contribution in [0.3, 0.4) is 0 Å². The van der Waals surface area contributed by atoms with Gasteiger partial charge >= 0.3 is 0 Å². The number of hydrogen-bond donors (Lipinski definition) is 2. The third-order valence-electron chi connectivity index (χ3n) is 2.79. The van der Waals surface area contributed by atoms with Crippen molar-refractivity contribution in [3.05, 3.63) is 24.3 Å². The van der Waals surface area contributed by atoms with Crippen molar-refractivity contribution in [2.45, 2.75) is 24.8 Å². The van der Waals surface area contributed by atoms with Gasteiger partial charge in [-0.25, -0.2) is 13.1 Å². The molecule has 0 saturated heterocycles. The maximum absolute atomic E-state index is 12.1. The van der Waals surface area contributed by atoms with Crippen molar-refractivity contribution in [2.75, 3.05) is 25.1 Å². The van der Waals surface area contributed by atoms with Crippen molar-refractivity contribution in [1.82, 2.24) is 4.72 Å². The Labute approximate surface area is 108 Å². The molecule has 18 heavy (non-hydrogen) atoms. The lowest BCUT2D eigenvalue weighted by Crippen LogP contribution is -2.34. The fourth-order valence-electron chi connectivity index (χ4n) is 1.60. The van der Waals surface area contributed by atoms with Gasteiger partial charge in [-0.2, -0.15) is 0 Å². The fraction of sp³-hybridized carbons (Fsp3) is 0.500. The van der Waals surface area contributed by atoms with E-state index in [4.69, 9.17) is 5.11 Å². The predicted molar refractivity (Wildman–Crippen MR) is 72.3 cm³/mol. The molecule has 102 valence electrons. The van der Waals surface area contributed by atoms with Gasteiger partial charge in [0.2, 0.25) is 10.0 Å². The van der Waals surface area contributed by atoms with Gasteiger partial charge in [0.1, 0.15) is 4.90 Å². The minimum Gasteiger partial charge on any atom is -0.394 e. The maximum Gasteiger partial charge on any atom is 0.242 e. The molecule has 0 heterocycles. The van der Waals surface area contributed by atoms with Crippen LogP contribution in [-0.2, 0) is 10.0 Å². The molecule has 0 aliphatic carbocycles. The van der Waals surface area contributed by atoms with Crippen LogP contribution in [0.4, 0.5) is 5.69 Å². The molecular weight excluding hydrogens is 252 g/mol. The van der Waals surface area contributed by atoms with E-state index in [1.807, 2.05) is 6.92 Å². The van der Waals surface area contributed by atoms with Crippen molar-refractivity contribution in [3.8, 4) is 0 Å². The van der Waals surface area contributed by atoms with E-state index in [-0.39, 0.29) is 17.5 Å². The summed E-state index contributed by atoms with van der Waals surface area (Å²) in [6.07, 6.45) is 0. The first-order valence-corrected chi connectivity index (χ1v) is 7.34. The van der Waals surface area contributed by atoms with Gasteiger partial charge in [0.15, 0.2) is 0 Å². The molecule has 2 N–H and O–H groups in total. The van der Waals surface area contributed by atoms with Gasteiger partial charge in [0.05, 0.1) is 12.3 Å². The van der Waals surface area contributed by atoms with Crippen LogP contribution in [0.25, 0.3) is 0 Å². The summed E-state index contributed by atoms with van der Waals surface area (Å²) in [4.78, 5) is 1.99. The van der Waals surface area contributed by atoms with Crippen LogP contribution in [0.5, 0.6) is 0 Å². The van der Waals surface area contributed by atoms with Gasteiger partial charge in [-0.15, -0.1) is 0 Å². The smallest absolute Gasteiger partial charge is 0.242 e. The largest absolute Gasteiger partial charge is 0.394 e.